The summed E-state index contributed by atoms with van der Waals surface area (Å²) in [6, 6.07) is 11.7. The van der Waals surface area contributed by atoms with E-state index in [0.29, 0.717) is 18.0 Å². The van der Waals surface area contributed by atoms with Crippen LogP contribution in [-0.4, -0.2) is 34.7 Å². The van der Waals surface area contributed by atoms with Crippen molar-refractivity contribution in [2.75, 3.05) is 6.54 Å². The van der Waals surface area contributed by atoms with Gasteiger partial charge >= 0.3 is 0 Å². The smallest absolute Gasteiger partial charge is 0.0695 e. The second kappa shape index (κ2) is 6.50. The average Bonchev–Trinajstić information content (AvgIpc) is 3.30. The first-order valence-corrected chi connectivity index (χ1v) is 8.64. The third-order valence-electron chi connectivity index (χ3n) is 5.31. The average molecular weight is 287 g/mol. The molecule has 2 aliphatic rings. The van der Waals surface area contributed by atoms with Gasteiger partial charge in [-0.25, -0.2) is 0 Å². The van der Waals surface area contributed by atoms with Crippen LogP contribution in [-0.2, 0) is 0 Å². The molecule has 0 saturated heterocycles. The van der Waals surface area contributed by atoms with E-state index in [0.717, 1.165) is 25.2 Å². The molecule has 3 unspecified atom stereocenters. The lowest BCUT2D eigenvalue weighted by Gasteiger charge is -2.43. The molecule has 0 amide bonds. The van der Waals surface area contributed by atoms with Gasteiger partial charge in [0.2, 0.25) is 0 Å². The Balaban J connectivity index is 1.72. The van der Waals surface area contributed by atoms with Crippen LogP contribution < -0.4 is 0 Å². The minimum Gasteiger partial charge on any atom is -0.391 e. The van der Waals surface area contributed by atoms with Gasteiger partial charge in [-0.15, -0.1) is 0 Å². The second-order valence-corrected chi connectivity index (χ2v) is 7.29. The number of rotatable bonds is 5. The van der Waals surface area contributed by atoms with Crippen molar-refractivity contribution in [1.29, 1.82) is 0 Å². The van der Waals surface area contributed by atoms with Gasteiger partial charge in [-0.1, -0.05) is 30.3 Å². The maximum Gasteiger partial charge on any atom is 0.0695 e. The maximum atomic E-state index is 10.5. The zero-order valence-electron chi connectivity index (χ0n) is 13.4. The van der Waals surface area contributed by atoms with Gasteiger partial charge < -0.3 is 5.11 Å². The van der Waals surface area contributed by atoms with E-state index in [-0.39, 0.29) is 6.10 Å². The first-order valence-electron chi connectivity index (χ1n) is 8.64. The minimum absolute atomic E-state index is 0.147. The Morgan fingerprint density at radius 2 is 1.81 bits per heavy atom. The molecule has 1 N–H and O–H groups in total. The molecule has 0 spiro atoms. The van der Waals surface area contributed by atoms with Crippen LogP contribution in [0.5, 0.6) is 0 Å². The summed E-state index contributed by atoms with van der Waals surface area (Å²) in [5, 5.41) is 10.5. The van der Waals surface area contributed by atoms with Gasteiger partial charge in [-0.2, -0.15) is 0 Å². The summed E-state index contributed by atoms with van der Waals surface area (Å²) in [6.45, 7) is 5.74. The van der Waals surface area contributed by atoms with Crippen molar-refractivity contribution in [2.24, 2.45) is 5.92 Å². The van der Waals surface area contributed by atoms with E-state index < -0.39 is 0 Å². The summed E-state index contributed by atoms with van der Waals surface area (Å²) >= 11 is 0. The predicted molar refractivity (Wildman–Crippen MR) is 87.4 cm³/mol. The highest BCUT2D eigenvalue weighted by Gasteiger charge is 2.37. The Bertz CT molecular complexity index is 440. The number of aliphatic hydroxyl groups excluding tert-OH is 1. The molecule has 0 bridgehead atoms. The number of hydrogen-bond donors (Lipinski definition) is 1. The van der Waals surface area contributed by atoms with Crippen LogP contribution in [0.2, 0.25) is 0 Å². The molecule has 21 heavy (non-hydrogen) atoms. The zero-order chi connectivity index (χ0) is 14.8. The molecule has 0 heterocycles. The molecule has 2 nitrogen and oxygen atoms in total. The first-order chi connectivity index (χ1) is 10.1. The molecule has 2 aliphatic carbocycles. The lowest BCUT2D eigenvalue weighted by molar-refractivity contribution is -0.00313. The van der Waals surface area contributed by atoms with Crippen molar-refractivity contribution in [1.82, 2.24) is 4.90 Å². The number of hydrogen-bond acceptors (Lipinski definition) is 2. The monoisotopic (exact) mass is 287 g/mol. The summed E-state index contributed by atoms with van der Waals surface area (Å²) in [5.74, 6) is 1.50. The Morgan fingerprint density at radius 1 is 1.10 bits per heavy atom. The lowest BCUT2D eigenvalue weighted by atomic mass is 9.79. The molecular weight excluding hydrogens is 258 g/mol. The van der Waals surface area contributed by atoms with Gasteiger partial charge in [0.25, 0.3) is 0 Å². The van der Waals surface area contributed by atoms with Gasteiger partial charge in [0.05, 0.1) is 6.10 Å². The molecule has 0 radical (unpaired) electrons. The fourth-order valence-electron chi connectivity index (χ4n) is 3.84. The molecule has 1 aromatic rings. The van der Waals surface area contributed by atoms with Crippen molar-refractivity contribution in [3.63, 3.8) is 0 Å². The highest BCUT2D eigenvalue weighted by molar-refractivity contribution is 5.20. The van der Waals surface area contributed by atoms with Crippen LogP contribution in [0.25, 0.3) is 0 Å². The Labute approximate surface area is 129 Å². The zero-order valence-corrected chi connectivity index (χ0v) is 13.4. The molecule has 2 saturated carbocycles. The quantitative estimate of drug-likeness (QED) is 0.890. The van der Waals surface area contributed by atoms with E-state index in [4.69, 9.17) is 0 Å². The largest absolute Gasteiger partial charge is 0.391 e. The Kier molecular flexibility index (Phi) is 4.66. The predicted octanol–water partition coefficient (Wildman–Crippen LogP) is 3.80. The number of aliphatic hydroxyl groups is 1. The van der Waals surface area contributed by atoms with Crippen molar-refractivity contribution in [3.05, 3.63) is 35.9 Å². The molecule has 2 heteroatoms. The Morgan fingerprint density at radius 3 is 2.43 bits per heavy atom. The van der Waals surface area contributed by atoms with Gasteiger partial charge in [0.1, 0.15) is 0 Å². The summed E-state index contributed by atoms with van der Waals surface area (Å²) in [7, 11) is 0. The van der Waals surface area contributed by atoms with Gasteiger partial charge in [0, 0.05) is 18.6 Å². The maximum absolute atomic E-state index is 10.5. The Hall–Kier alpha value is -0.860. The van der Waals surface area contributed by atoms with Gasteiger partial charge in [0.15, 0.2) is 0 Å². The van der Waals surface area contributed by atoms with Crippen LogP contribution in [0.15, 0.2) is 30.3 Å². The van der Waals surface area contributed by atoms with Crippen molar-refractivity contribution < 1.29 is 5.11 Å². The SMILES string of the molecule is CC(C)N(CC1CC1)C1CC(c2ccccc2)CCC1O. The molecule has 2 fully saturated rings. The normalized spacial score (nSPS) is 30.0. The summed E-state index contributed by atoms with van der Waals surface area (Å²) in [6.07, 6.45) is 5.79. The minimum atomic E-state index is -0.147. The summed E-state index contributed by atoms with van der Waals surface area (Å²) < 4.78 is 0. The molecule has 3 atom stereocenters. The van der Waals surface area contributed by atoms with Crippen LogP contribution in [0.1, 0.15) is 57.4 Å². The van der Waals surface area contributed by atoms with E-state index in [9.17, 15) is 5.11 Å². The van der Waals surface area contributed by atoms with Crippen LogP contribution >= 0.6 is 0 Å². The molecule has 1 aromatic carbocycles. The topological polar surface area (TPSA) is 23.5 Å². The van der Waals surface area contributed by atoms with Crippen molar-refractivity contribution in [2.45, 2.75) is 70.1 Å². The third kappa shape index (κ3) is 3.67. The van der Waals surface area contributed by atoms with E-state index in [1.807, 2.05) is 0 Å². The van der Waals surface area contributed by atoms with E-state index in [1.54, 1.807) is 0 Å². The highest BCUT2D eigenvalue weighted by Crippen LogP contribution is 2.38. The highest BCUT2D eigenvalue weighted by atomic mass is 16.3. The van der Waals surface area contributed by atoms with E-state index in [1.165, 1.54) is 24.9 Å². The molecule has 0 aliphatic heterocycles. The molecule has 116 valence electrons. The van der Waals surface area contributed by atoms with Crippen molar-refractivity contribution >= 4 is 0 Å². The van der Waals surface area contributed by atoms with E-state index in [2.05, 4.69) is 49.1 Å². The molecular formula is C19H29NO. The van der Waals surface area contributed by atoms with Crippen LogP contribution in [0.3, 0.4) is 0 Å². The lowest BCUT2D eigenvalue weighted by Crippen LogP contribution is -2.50. The van der Waals surface area contributed by atoms with Crippen molar-refractivity contribution in [3.8, 4) is 0 Å². The van der Waals surface area contributed by atoms with E-state index >= 15 is 0 Å². The second-order valence-electron chi connectivity index (χ2n) is 7.29. The van der Waals surface area contributed by atoms with Crippen LogP contribution in [0.4, 0.5) is 0 Å². The van der Waals surface area contributed by atoms with Gasteiger partial charge in [-0.05, 0) is 63.4 Å². The number of benzene rings is 1. The van der Waals surface area contributed by atoms with Gasteiger partial charge in [-0.3, -0.25) is 4.90 Å². The third-order valence-corrected chi connectivity index (χ3v) is 5.31. The first kappa shape index (κ1) is 15.1. The summed E-state index contributed by atoms with van der Waals surface area (Å²) in [4.78, 5) is 2.58. The number of nitrogens with zero attached hydrogens (tertiary/aromatic N) is 1. The fourth-order valence-corrected chi connectivity index (χ4v) is 3.84. The molecule has 0 aromatic heterocycles. The standard InChI is InChI=1S/C19H29NO/c1-14(2)20(13-15-8-9-15)18-12-17(10-11-19(18)21)16-6-4-3-5-7-16/h3-7,14-15,17-19,21H,8-13H2,1-2H3. The summed E-state index contributed by atoms with van der Waals surface area (Å²) in [5.41, 5.74) is 1.45. The van der Waals surface area contributed by atoms with Crippen LogP contribution in [0, 0.1) is 5.92 Å². The fraction of sp³-hybridized carbons (Fsp3) is 0.684. The molecule has 3 rings (SSSR count).